The van der Waals surface area contributed by atoms with Crippen LogP contribution >= 0.6 is 22.9 Å². The molecule has 3 rings (SSSR count). The first-order chi connectivity index (χ1) is 10.1. The van der Waals surface area contributed by atoms with Gasteiger partial charge in [0.25, 0.3) is 0 Å². The van der Waals surface area contributed by atoms with Gasteiger partial charge >= 0.3 is 5.97 Å². The van der Waals surface area contributed by atoms with Crippen LogP contribution in [-0.2, 0) is 4.79 Å². The van der Waals surface area contributed by atoms with Crippen LogP contribution in [0.3, 0.4) is 0 Å². The van der Waals surface area contributed by atoms with Crippen molar-refractivity contribution in [1.29, 1.82) is 0 Å². The summed E-state index contributed by atoms with van der Waals surface area (Å²) in [5.41, 5.74) is 3.63. The third-order valence-corrected chi connectivity index (χ3v) is 4.58. The second-order valence-electron chi connectivity index (χ2n) is 4.91. The number of rotatable bonds is 4. The Balaban J connectivity index is 2.34. The smallest absolute Gasteiger partial charge is 0.311 e. The zero-order chi connectivity index (χ0) is 15.0. The van der Waals surface area contributed by atoms with Crippen molar-refractivity contribution < 1.29 is 9.90 Å². The number of carboxylic acids is 1. The lowest BCUT2D eigenvalue weighted by molar-refractivity contribution is -0.138. The highest BCUT2D eigenvalue weighted by Gasteiger charge is 2.26. The molecule has 0 saturated carbocycles. The summed E-state index contributed by atoms with van der Waals surface area (Å²) in [4.78, 5) is 15.0. The molecular formula is C16H14ClNO2S. The van der Waals surface area contributed by atoms with Gasteiger partial charge in [0.15, 0.2) is 0 Å². The van der Waals surface area contributed by atoms with E-state index in [1.165, 1.54) is 0 Å². The number of H-pyrrole nitrogens is 1. The lowest BCUT2D eigenvalue weighted by Crippen LogP contribution is -2.11. The van der Waals surface area contributed by atoms with E-state index in [4.69, 9.17) is 11.6 Å². The van der Waals surface area contributed by atoms with E-state index in [9.17, 15) is 9.90 Å². The van der Waals surface area contributed by atoms with Crippen LogP contribution < -0.4 is 0 Å². The molecule has 5 heteroatoms. The van der Waals surface area contributed by atoms with Gasteiger partial charge in [-0.05, 0) is 41.6 Å². The molecule has 21 heavy (non-hydrogen) atoms. The number of aromatic amines is 1. The SMILES string of the molecule is CCC(C(=O)O)c1c(-c2ccsc2)[nH]c2ccc(Cl)cc12. The highest BCUT2D eigenvalue weighted by molar-refractivity contribution is 7.08. The van der Waals surface area contributed by atoms with Crippen LogP contribution in [0.25, 0.3) is 22.2 Å². The largest absolute Gasteiger partial charge is 0.481 e. The fourth-order valence-electron chi connectivity index (χ4n) is 2.68. The van der Waals surface area contributed by atoms with E-state index in [1.807, 2.05) is 41.9 Å². The first kappa shape index (κ1) is 14.2. The zero-order valence-corrected chi connectivity index (χ0v) is 13.0. The molecule has 0 aliphatic heterocycles. The average Bonchev–Trinajstić information content (AvgIpc) is 3.07. The lowest BCUT2D eigenvalue weighted by Gasteiger charge is -2.11. The van der Waals surface area contributed by atoms with Gasteiger partial charge in [-0.1, -0.05) is 18.5 Å². The van der Waals surface area contributed by atoms with Crippen LogP contribution in [0.1, 0.15) is 24.8 Å². The van der Waals surface area contributed by atoms with Crippen LogP contribution in [0.5, 0.6) is 0 Å². The third kappa shape index (κ3) is 2.45. The summed E-state index contributed by atoms with van der Waals surface area (Å²) < 4.78 is 0. The maximum absolute atomic E-state index is 11.6. The molecule has 2 heterocycles. The van der Waals surface area contributed by atoms with E-state index < -0.39 is 11.9 Å². The summed E-state index contributed by atoms with van der Waals surface area (Å²) >= 11 is 7.68. The number of carbonyl (C=O) groups is 1. The van der Waals surface area contributed by atoms with Crippen molar-refractivity contribution in [3.8, 4) is 11.3 Å². The molecule has 1 aromatic carbocycles. The summed E-state index contributed by atoms with van der Waals surface area (Å²) in [5, 5.41) is 15.1. The molecule has 0 amide bonds. The fraction of sp³-hybridized carbons (Fsp3) is 0.188. The minimum Gasteiger partial charge on any atom is -0.481 e. The number of benzene rings is 1. The molecule has 0 radical (unpaired) electrons. The molecule has 1 unspecified atom stereocenters. The number of carboxylic acid groups (broad SMARTS) is 1. The maximum Gasteiger partial charge on any atom is 0.311 e. The molecule has 2 N–H and O–H groups in total. The second kappa shape index (κ2) is 5.54. The Morgan fingerprint density at radius 1 is 1.43 bits per heavy atom. The van der Waals surface area contributed by atoms with Crippen molar-refractivity contribution in [2.45, 2.75) is 19.3 Å². The van der Waals surface area contributed by atoms with E-state index in [-0.39, 0.29) is 0 Å². The zero-order valence-electron chi connectivity index (χ0n) is 11.4. The Labute approximate surface area is 131 Å². The van der Waals surface area contributed by atoms with Crippen molar-refractivity contribution in [3.63, 3.8) is 0 Å². The summed E-state index contributed by atoms with van der Waals surface area (Å²) in [6, 6.07) is 7.54. The third-order valence-electron chi connectivity index (χ3n) is 3.67. The summed E-state index contributed by atoms with van der Waals surface area (Å²) in [5.74, 6) is -1.36. The van der Waals surface area contributed by atoms with Crippen molar-refractivity contribution in [2.24, 2.45) is 0 Å². The number of nitrogens with one attached hydrogen (secondary N) is 1. The minimum atomic E-state index is -0.810. The molecule has 108 valence electrons. The van der Waals surface area contributed by atoms with Crippen molar-refractivity contribution >= 4 is 39.8 Å². The first-order valence-corrected chi connectivity index (χ1v) is 8.00. The van der Waals surface area contributed by atoms with Gasteiger partial charge in [-0.15, -0.1) is 0 Å². The van der Waals surface area contributed by atoms with E-state index in [2.05, 4.69) is 4.98 Å². The van der Waals surface area contributed by atoms with Gasteiger partial charge in [-0.2, -0.15) is 11.3 Å². The number of thiophene rings is 1. The maximum atomic E-state index is 11.6. The van der Waals surface area contributed by atoms with E-state index >= 15 is 0 Å². The molecule has 0 bridgehead atoms. The van der Waals surface area contributed by atoms with E-state index in [1.54, 1.807) is 11.3 Å². The van der Waals surface area contributed by atoms with Gasteiger partial charge in [0, 0.05) is 26.9 Å². The number of fused-ring (bicyclic) bond motifs is 1. The minimum absolute atomic E-state index is 0.534. The number of halogens is 1. The molecule has 3 nitrogen and oxygen atoms in total. The Kier molecular flexibility index (Phi) is 3.74. The Bertz CT molecular complexity index is 792. The summed E-state index contributed by atoms with van der Waals surface area (Å²) in [7, 11) is 0. The highest BCUT2D eigenvalue weighted by atomic mass is 35.5. The molecule has 3 aromatic rings. The molecule has 0 aliphatic carbocycles. The average molecular weight is 320 g/mol. The summed E-state index contributed by atoms with van der Waals surface area (Å²) in [6.07, 6.45) is 0.534. The number of aromatic nitrogens is 1. The predicted octanol–water partition coefficient (Wildman–Crippen LogP) is 5.13. The molecule has 0 spiro atoms. The molecule has 1 atom stereocenters. The van der Waals surface area contributed by atoms with E-state index in [0.29, 0.717) is 11.4 Å². The van der Waals surface area contributed by atoms with Crippen LogP contribution in [0, 0.1) is 0 Å². The number of hydrogen-bond donors (Lipinski definition) is 2. The Hall–Kier alpha value is -1.78. The number of aliphatic carboxylic acids is 1. The molecule has 0 aliphatic rings. The van der Waals surface area contributed by atoms with Crippen LogP contribution in [0.2, 0.25) is 5.02 Å². The van der Waals surface area contributed by atoms with Gasteiger partial charge in [0.2, 0.25) is 0 Å². The monoisotopic (exact) mass is 319 g/mol. The summed E-state index contributed by atoms with van der Waals surface area (Å²) in [6.45, 7) is 1.89. The predicted molar refractivity (Wildman–Crippen MR) is 87.3 cm³/mol. The number of hydrogen-bond acceptors (Lipinski definition) is 2. The Morgan fingerprint density at radius 3 is 2.86 bits per heavy atom. The van der Waals surface area contributed by atoms with Gasteiger partial charge in [0.1, 0.15) is 0 Å². The van der Waals surface area contributed by atoms with Crippen LogP contribution in [0.15, 0.2) is 35.0 Å². The standard InChI is InChI=1S/C16H14ClNO2S/c1-2-11(16(19)20)14-12-7-10(17)3-4-13(12)18-15(14)9-5-6-21-8-9/h3-8,11,18H,2H2,1H3,(H,19,20). The van der Waals surface area contributed by atoms with Crippen molar-refractivity contribution in [3.05, 3.63) is 45.6 Å². The molecule has 0 fully saturated rings. The second-order valence-corrected chi connectivity index (χ2v) is 6.13. The topological polar surface area (TPSA) is 53.1 Å². The molecule has 0 saturated heterocycles. The van der Waals surface area contributed by atoms with E-state index in [0.717, 1.165) is 27.7 Å². The quantitative estimate of drug-likeness (QED) is 0.700. The lowest BCUT2D eigenvalue weighted by atomic mass is 9.92. The molecule has 2 aromatic heterocycles. The van der Waals surface area contributed by atoms with Crippen LogP contribution in [0.4, 0.5) is 0 Å². The normalized spacial score (nSPS) is 12.7. The van der Waals surface area contributed by atoms with Crippen molar-refractivity contribution in [1.82, 2.24) is 4.98 Å². The van der Waals surface area contributed by atoms with Crippen LogP contribution in [-0.4, -0.2) is 16.1 Å². The fourth-order valence-corrected chi connectivity index (χ4v) is 3.50. The van der Waals surface area contributed by atoms with Gasteiger partial charge in [0.05, 0.1) is 11.6 Å². The highest BCUT2D eigenvalue weighted by Crippen LogP contribution is 2.38. The Morgan fingerprint density at radius 2 is 2.24 bits per heavy atom. The molecular weight excluding hydrogens is 306 g/mol. The van der Waals surface area contributed by atoms with Gasteiger partial charge in [-0.25, -0.2) is 0 Å². The van der Waals surface area contributed by atoms with Gasteiger partial charge in [-0.3, -0.25) is 4.79 Å². The van der Waals surface area contributed by atoms with Gasteiger partial charge < -0.3 is 10.1 Å². The first-order valence-electron chi connectivity index (χ1n) is 6.68. The van der Waals surface area contributed by atoms with Crippen molar-refractivity contribution in [2.75, 3.05) is 0 Å².